The van der Waals surface area contributed by atoms with Crippen molar-refractivity contribution in [1.82, 2.24) is 30.0 Å². The van der Waals surface area contributed by atoms with E-state index in [1.807, 2.05) is 0 Å². The molecule has 0 amide bonds. The molecule has 0 spiro atoms. The fourth-order valence-electron chi connectivity index (χ4n) is 1.68. The molecule has 0 radical (unpaired) electrons. The van der Waals surface area contributed by atoms with Gasteiger partial charge in [0.2, 0.25) is 0 Å². The van der Waals surface area contributed by atoms with Crippen LogP contribution in [0.25, 0.3) is 17.0 Å². The van der Waals surface area contributed by atoms with E-state index in [0.717, 1.165) is 6.20 Å². The van der Waals surface area contributed by atoms with Crippen molar-refractivity contribution in [3.63, 3.8) is 0 Å². The largest absolute Gasteiger partial charge is 0.374 e. The van der Waals surface area contributed by atoms with Crippen LogP contribution in [0.2, 0.25) is 5.15 Å². The number of fused-ring (bicyclic) bond motifs is 1. The lowest BCUT2D eigenvalue weighted by atomic mass is 10.3. The lowest BCUT2D eigenvalue weighted by Gasteiger charge is -2.07. The fraction of sp³-hybridized carbons (Fsp3) is 0. The zero-order valence-corrected chi connectivity index (χ0v) is 10.7. The SMILES string of the molecule is O=P(O)(O)c1cnc2ccc(-c3nnn[nH]3)c(Cl)n12. The van der Waals surface area contributed by atoms with Gasteiger partial charge in [-0.15, -0.1) is 5.10 Å². The molecule has 0 aliphatic carbocycles. The number of pyridine rings is 1. The predicted molar refractivity (Wildman–Crippen MR) is 65.1 cm³/mol. The summed E-state index contributed by atoms with van der Waals surface area (Å²) >= 11 is 6.15. The Balaban J connectivity index is 2.35. The summed E-state index contributed by atoms with van der Waals surface area (Å²) in [6.45, 7) is 0. The van der Waals surface area contributed by atoms with E-state index in [2.05, 4.69) is 25.6 Å². The number of imidazole rings is 1. The quantitative estimate of drug-likeness (QED) is 0.447. The number of aromatic amines is 1. The Morgan fingerprint density at radius 3 is 2.79 bits per heavy atom. The molecule has 3 aromatic heterocycles. The zero-order chi connectivity index (χ0) is 13.6. The highest BCUT2D eigenvalue weighted by atomic mass is 35.5. The molecule has 19 heavy (non-hydrogen) atoms. The van der Waals surface area contributed by atoms with Crippen molar-refractivity contribution < 1.29 is 14.4 Å². The van der Waals surface area contributed by atoms with Gasteiger partial charge in [0.1, 0.15) is 10.8 Å². The summed E-state index contributed by atoms with van der Waals surface area (Å²) in [5.74, 6) is 0.289. The van der Waals surface area contributed by atoms with E-state index >= 15 is 0 Å². The van der Waals surface area contributed by atoms with E-state index in [0.29, 0.717) is 11.2 Å². The van der Waals surface area contributed by atoms with Gasteiger partial charge in [-0.2, -0.15) is 0 Å². The third-order valence-electron chi connectivity index (χ3n) is 2.49. The number of aromatic nitrogens is 6. The summed E-state index contributed by atoms with van der Waals surface area (Å²) in [4.78, 5) is 22.4. The van der Waals surface area contributed by atoms with Crippen molar-refractivity contribution in [2.75, 3.05) is 0 Å². The molecule has 0 fully saturated rings. The molecule has 0 bridgehead atoms. The van der Waals surface area contributed by atoms with Crippen LogP contribution < -0.4 is 5.44 Å². The van der Waals surface area contributed by atoms with Gasteiger partial charge in [-0.25, -0.2) is 10.1 Å². The van der Waals surface area contributed by atoms with E-state index in [4.69, 9.17) is 11.6 Å². The molecule has 0 aliphatic heterocycles. The molecule has 11 heteroatoms. The third kappa shape index (κ3) is 1.92. The first-order valence-corrected chi connectivity index (χ1v) is 6.93. The van der Waals surface area contributed by atoms with Crippen LogP contribution in [0.5, 0.6) is 0 Å². The Hall–Kier alpha value is -1.80. The lowest BCUT2D eigenvalue weighted by molar-refractivity contribution is 0.386. The molecule has 0 saturated heterocycles. The van der Waals surface area contributed by atoms with Crippen LogP contribution in [0.15, 0.2) is 18.3 Å². The van der Waals surface area contributed by atoms with Crippen molar-refractivity contribution >= 4 is 30.3 Å². The summed E-state index contributed by atoms with van der Waals surface area (Å²) in [6, 6.07) is 3.17. The van der Waals surface area contributed by atoms with Crippen LogP contribution in [0.1, 0.15) is 0 Å². The minimum absolute atomic E-state index is 0.0619. The number of rotatable bonds is 2. The third-order valence-corrected chi connectivity index (χ3v) is 3.77. The number of nitrogens with one attached hydrogen (secondary N) is 1. The molecule has 3 N–H and O–H groups in total. The second-order valence-corrected chi connectivity index (χ2v) is 5.55. The second-order valence-electron chi connectivity index (χ2n) is 3.64. The summed E-state index contributed by atoms with van der Waals surface area (Å²) in [6.07, 6.45) is 1.09. The van der Waals surface area contributed by atoms with Gasteiger partial charge in [0, 0.05) is 0 Å². The van der Waals surface area contributed by atoms with Crippen molar-refractivity contribution in [1.29, 1.82) is 0 Å². The topological polar surface area (TPSA) is 129 Å². The zero-order valence-electron chi connectivity index (χ0n) is 9.10. The van der Waals surface area contributed by atoms with Crippen LogP contribution in [0.4, 0.5) is 0 Å². The Labute approximate surface area is 110 Å². The summed E-state index contributed by atoms with van der Waals surface area (Å²) in [5.41, 5.74) is 0.438. The maximum absolute atomic E-state index is 11.4. The summed E-state index contributed by atoms with van der Waals surface area (Å²) in [7, 11) is -4.49. The van der Waals surface area contributed by atoms with Gasteiger partial charge in [0.15, 0.2) is 11.3 Å². The molecule has 3 heterocycles. The molecule has 0 aromatic carbocycles. The second kappa shape index (κ2) is 4.10. The standard InChI is InChI=1S/C8H6ClN6O3P/c9-7-4(8-11-13-14-12-8)1-2-5-10-3-6(15(5)7)19(16,17)18/h1-3H,(H2,16,17,18)(H,11,12,13,14). The van der Waals surface area contributed by atoms with E-state index in [1.165, 1.54) is 4.40 Å². The monoisotopic (exact) mass is 300 g/mol. The highest BCUT2D eigenvalue weighted by Gasteiger charge is 2.25. The molecule has 9 nitrogen and oxygen atoms in total. The van der Waals surface area contributed by atoms with Crippen molar-refractivity contribution in [3.8, 4) is 11.4 Å². The lowest BCUT2D eigenvalue weighted by Crippen LogP contribution is -2.11. The number of hydrogen-bond donors (Lipinski definition) is 3. The van der Waals surface area contributed by atoms with Crippen molar-refractivity contribution in [3.05, 3.63) is 23.5 Å². The molecule has 98 valence electrons. The molecule has 3 aromatic rings. The molecule has 0 unspecified atom stereocenters. The molecule has 0 saturated carbocycles. The summed E-state index contributed by atoms with van der Waals surface area (Å²) in [5, 5.41) is 13.1. The number of H-pyrrole nitrogens is 1. The van der Waals surface area contributed by atoms with Crippen LogP contribution in [-0.2, 0) is 4.57 Å². The Morgan fingerprint density at radius 2 is 2.16 bits per heavy atom. The fourth-order valence-corrected chi connectivity index (χ4v) is 2.74. The number of hydrogen-bond acceptors (Lipinski definition) is 5. The minimum atomic E-state index is -4.49. The van der Waals surface area contributed by atoms with Crippen LogP contribution in [0, 0.1) is 0 Å². The van der Waals surface area contributed by atoms with Crippen molar-refractivity contribution in [2.24, 2.45) is 0 Å². The minimum Gasteiger partial charge on any atom is -0.320 e. The van der Waals surface area contributed by atoms with E-state index in [9.17, 15) is 14.4 Å². The van der Waals surface area contributed by atoms with Gasteiger partial charge < -0.3 is 9.79 Å². The van der Waals surface area contributed by atoms with E-state index in [-0.39, 0.29) is 16.4 Å². The Bertz CT molecular complexity index is 794. The van der Waals surface area contributed by atoms with Crippen molar-refractivity contribution in [2.45, 2.75) is 0 Å². The first-order chi connectivity index (χ1) is 8.98. The van der Waals surface area contributed by atoms with E-state index in [1.54, 1.807) is 12.1 Å². The summed E-state index contributed by atoms with van der Waals surface area (Å²) < 4.78 is 12.6. The highest BCUT2D eigenvalue weighted by molar-refractivity contribution is 7.60. The number of tetrazole rings is 1. The van der Waals surface area contributed by atoms with Gasteiger partial charge in [0.05, 0.1) is 11.8 Å². The molecule has 0 aliphatic rings. The van der Waals surface area contributed by atoms with Gasteiger partial charge in [0.25, 0.3) is 0 Å². The predicted octanol–water partition coefficient (Wildman–Crippen LogP) is -0.0292. The molecule has 0 atom stereocenters. The first kappa shape index (κ1) is 12.2. The van der Waals surface area contributed by atoms with Gasteiger partial charge >= 0.3 is 7.60 Å². The van der Waals surface area contributed by atoms with Crippen LogP contribution in [0.3, 0.4) is 0 Å². The highest BCUT2D eigenvalue weighted by Crippen LogP contribution is 2.35. The number of nitrogens with zero attached hydrogens (tertiary/aromatic N) is 5. The maximum atomic E-state index is 11.4. The smallest absolute Gasteiger partial charge is 0.320 e. The molecule has 3 rings (SSSR count). The molecular weight excluding hydrogens is 295 g/mol. The Morgan fingerprint density at radius 1 is 1.37 bits per heavy atom. The average Bonchev–Trinajstić information content (AvgIpc) is 2.96. The van der Waals surface area contributed by atoms with E-state index < -0.39 is 7.60 Å². The normalized spacial score (nSPS) is 12.2. The van der Waals surface area contributed by atoms with Crippen LogP contribution in [-0.4, -0.2) is 39.8 Å². The average molecular weight is 301 g/mol. The first-order valence-electron chi connectivity index (χ1n) is 4.94. The van der Waals surface area contributed by atoms with Gasteiger partial charge in [-0.3, -0.25) is 8.97 Å². The Kier molecular flexibility index (Phi) is 2.64. The van der Waals surface area contributed by atoms with Gasteiger partial charge in [-0.05, 0) is 22.6 Å². The number of halogens is 1. The molecular formula is C8H6ClN6O3P. The van der Waals surface area contributed by atoms with Gasteiger partial charge in [-0.1, -0.05) is 11.6 Å². The van der Waals surface area contributed by atoms with Crippen LogP contribution >= 0.6 is 19.2 Å². The maximum Gasteiger partial charge on any atom is 0.374 e.